The predicted molar refractivity (Wildman–Crippen MR) is 65.9 cm³/mol. The number of anilines is 1. The van der Waals surface area contributed by atoms with E-state index in [1.807, 2.05) is 6.92 Å². The third kappa shape index (κ3) is 1.63. The monoisotopic (exact) mass is 253 g/mol. The van der Waals surface area contributed by atoms with Gasteiger partial charge in [0.1, 0.15) is 0 Å². The Kier molecular flexibility index (Phi) is 2.98. The van der Waals surface area contributed by atoms with Gasteiger partial charge in [-0.2, -0.15) is 4.39 Å². The van der Waals surface area contributed by atoms with Gasteiger partial charge >= 0.3 is 0 Å². The maximum Gasteiger partial charge on any atom is 0.210 e. The van der Waals surface area contributed by atoms with Crippen LogP contribution < -0.4 is 10.5 Å². The van der Waals surface area contributed by atoms with Crippen molar-refractivity contribution in [3.63, 3.8) is 0 Å². The van der Waals surface area contributed by atoms with Crippen molar-refractivity contribution >= 4 is 16.5 Å². The number of hydrogen-bond acceptors (Lipinski definition) is 3. The smallest absolute Gasteiger partial charge is 0.210 e. The van der Waals surface area contributed by atoms with Crippen molar-refractivity contribution in [2.75, 3.05) is 12.8 Å². The fourth-order valence-corrected chi connectivity index (χ4v) is 2.08. The van der Waals surface area contributed by atoms with E-state index in [0.717, 1.165) is 0 Å². The van der Waals surface area contributed by atoms with Gasteiger partial charge in [0.15, 0.2) is 17.3 Å². The third-order valence-electron chi connectivity index (χ3n) is 2.91. The summed E-state index contributed by atoms with van der Waals surface area (Å²) in [5.74, 6) is -3.33. The Morgan fingerprint density at radius 3 is 2.50 bits per heavy atom. The summed E-state index contributed by atoms with van der Waals surface area (Å²) in [6.07, 6.45) is 0.543. The molecule has 0 aliphatic rings. The van der Waals surface area contributed by atoms with Crippen LogP contribution in [0.1, 0.15) is 12.5 Å². The van der Waals surface area contributed by atoms with Crippen LogP contribution in [0.5, 0.6) is 11.5 Å². The highest BCUT2D eigenvalue weighted by Crippen LogP contribution is 2.40. The number of nitrogen functional groups attached to an aromatic ring is 1. The van der Waals surface area contributed by atoms with E-state index >= 15 is 0 Å². The van der Waals surface area contributed by atoms with Crippen molar-refractivity contribution in [2.24, 2.45) is 0 Å². The Bertz CT molecular complexity index is 626. The van der Waals surface area contributed by atoms with E-state index in [4.69, 9.17) is 10.5 Å². The largest absolute Gasteiger partial charge is 0.503 e. The Balaban J connectivity index is 3.05. The Morgan fingerprint density at radius 1 is 1.28 bits per heavy atom. The number of benzene rings is 2. The number of fused-ring (bicyclic) bond motifs is 1. The van der Waals surface area contributed by atoms with Gasteiger partial charge in [0.05, 0.1) is 7.11 Å². The number of hydrogen-bond donors (Lipinski definition) is 2. The first-order chi connectivity index (χ1) is 8.51. The molecule has 96 valence electrons. The van der Waals surface area contributed by atoms with Gasteiger partial charge in [0.2, 0.25) is 5.82 Å². The predicted octanol–water partition coefficient (Wildman–Crippen LogP) is 2.98. The summed E-state index contributed by atoms with van der Waals surface area (Å²) in [6.45, 7) is 1.84. The number of ether oxygens (including phenoxy) is 1. The normalized spacial score (nSPS) is 10.9. The molecule has 0 radical (unpaired) electrons. The lowest BCUT2D eigenvalue weighted by molar-refractivity contribution is 0.356. The Hall–Kier alpha value is -2.04. The number of nitrogens with two attached hydrogens (primary N) is 1. The van der Waals surface area contributed by atoms with Crippen LogP contribution in [0.4, 0.5) is 14.5 Å². The molecular weight excluding hydrogens is 240 g/mol. The molecule has 0 unspecified atom stereocenters. The summed E-state index contributed by atoms with van der Waals surface area (Å²) >= 11 is 0. The lowest BCUT2D eigenvalue weighted by Gasteiger charge is -2.14. The number of halogens is 2. The number of methoxy groups -OCH3 is 1. The lowest BCUT2D eigenvalue weighted by atomic mass is 9.99. The molecule has 0 heterocycles. The van der Waals surface area contributed by atoms with Gasteiger partial charge < -0.3 is 15.6 Å². The van der Waals surface area contributed by atoms with E-state index in [2.05, 4.69) is 0 Å². The molecule has 2 rings (SSSR count). The van der Waals surface area contributed by atoms with Gasteiger partial charge in [0, 0.05) is 16.5 Å². The maximum absolute atomic E-state index is 13.9. The minimum absolute atomic E-state index is 0.0580. The molecule has 3 N–H and O–H groups in total. The van der Waals surface area contributed by atoms with E-state index in [1.165, 1.54) is 13.2 Å². The molecule has 0 aliphatic carbocycles. The number of phenolic OH excluding ortho intramolecular Hbond substituents is 1. The second-order valence-electron chi connectivity index (χ2n) is 3.97. The fourth-order valence-electron chi connectivity index (χ4n) is 2.08. The molecule has 0 saturated heterocycles. The first kappa shape index (κ1) is 12.4. The van der Waals surface area contributed by atoms with Crippen LogP contribution in [0, 0.1) is 11.6 Å². The molecule has 0 saturated carbocycles. The van der Waals surface area contributed by atoms with E-state index in [9.17, 15) is 13.9 Å². The van der Waals surface area contributed by atoms with Gasteiger partial charge in [-0.3, -0.25) is 0 Å². The molecule has 2 aromatic carbocycles. The summed E-state index contributed by atoms with van der Waals surface area (Å²) in [5.41, 5.74) is 6.69. The van der Waals surface area contributed by atoms with Crippen molar-refractivity contribution in [2.45, 2.75) is 13.3 Å². The van der Waals surface area contributed by atoms with Crippen LogP contribution in [-0.2, 0) is 6.42 Å². The zero-order chi connectivity index (χ0) is 13.4. The van der Waals surface area contributed by atoms with Gasteiger partial charge in [-0.15, -0.1) is 0 Å². The third-order valence-corrected chi connectivity index (χ3v) is 2.91. The lowest BCUT2D eigenvalue weighted by Crippen LogP contribution is -1.99. The minimum atomic E-state index is -1.10. The minimum Gasteiger partial charge on any atom is -0.503 e. The number of aromatic hydroxyl groups is 1. The van der Waals surface area contributed by atoms with Crippen LogP contribution in [0.3, 0.4) is 0 Å². The van der Waals surface area contributed by atoms with Crippen molar-refractivity contribution in [1.29, 1.82) is 0 Å². The topological polar surface area (TPSA) is 55.5 Å². The summed E-state index contributed by atoms with van der Waals surface area (Å²) in [4.78, 5) is 0. The van der Waals surface area contributed by atoms with Gasteiger partial charge in [0.25, 0.3) is 0 Å². The zero-order valence-electron chi connectivity index (χ0n) is 10.1. The fraction of sp³-hybridized carbons (Fsp3) is 0.231. The van der Waals surface area contributed by atoms with Crippen molar-refractivity contribution in [3.05, 3.63) is 29.3 Å². The molecule has 0 atom stereocenters. The van der Waals surface area contributed by atoms with Crippen LogP contribution in [0.25, 0.3) is 10.8 Å². The highest BCUT2D eigenvalue weighted by Gasteiger charge is 2.22. The van der Waals surface area contributed by atoms with Gasteiger partial charge in [-0.1, -0.05) is 6.92 Å². The van der Waals surface area contributed by atoms with Crippen LogP contribution in [0.2, 0.25) is 0 Å². The molecule has 5 heteroatoms. The quantitative estimate of drug-likeness (QED) is 0.809. The van der Waals surface area contributed by atoms with E-state index in [0.29, 0.717) is 23.1 Å². The van der Waals surface area contributed by atoms with Crippen molar-refractivity contribution in [3.8, 4) is 11.5 Å². The molecule has 0 bridgehead atoms. The average Bonchev–Trinajstić information content (AvgIpc) is 2.37. The van der Waals surface area contributed by atoms with Gasteiger partial charge in [-0.05, 0) is 24.1 Å². The summed E-state index contributed by atoms with van der Waals surface area (Å²) < 4.78 is 32.6. The van der Waals surface area contributed by atoms with Gasteiger partial charge in [-0.25, -0.2) is 4.39 Å². The molecule has 0 spiro atoms. The highest BCUT2D eigenvalue weighted by atomic mass is 19.1. The standard InChI is InChI=1S/C13H13F2NO2/c1-3-6-4-7(16)5-8-9(6)13(18-2)11(15)12(17)10(8)14/h4-5,17H,3,16H2,1-2H3. The molecule has 2 aromatic rings. The SMILES string of the molecule is CCc1cc(N)cc2c(F)c(O)c(F)c(OC)c12. The van der Waals surface area contributed by atoms with E-state index in [1.54, 1.807) is 6.07 Å². The first-order valence-corrected chi connectivity index (χ1v) is 5.47. The first-order valence-electron chi connectivity index (χ1n) is 5.47. The second kappa shape index (κ2) is 4.33. The maximum atomic E-state index is 13.9. The molecule has 18 heavy (non-hydrogen) atoms. The van der Waals surface area contributed by atoms with Crippen LogP contribution >= 0.6 is 0 Å². The summed E-state index contributed by atoms with van der Waals surface area (Å²) in [7, 11) is 1.27. The number of phenols is 1. The average molecular weight is 253 g/mol. The number of aryl methyl sites for hydroxylation is 1. The highest BCUT2D eigenvalue weighted by molar-refractivity contribution is 5.95. The van der Waals surface area contributed by atoms with E-state index < -0.39 is 17.4 Å². The van der Waals surface area contributed by atoms with Crippen LogP contribution in [0.15, 0.2) is 12.1 Å². The Morgan fingerprint density at radius 2 is 1.94 bits per heavy atom. The number of rotatable bonds is 2. The zero-order valence-corrected chi connectivity index (χ0v) is 10.1. The molecule has 0 aromatic heterocycles. The second-order valence-corrected chi connectivity index (χ2v) is 3.97. The molecule has 0 amide bonds. The molecule has 0 fully saturated rings. The molecule has 3 nitrogen and oxygen atoms in total. The summed E-state index contributed by atoms with van der Waals surface area (Å²) in [5, 5.41) is 9.77. The Labute approximate surface area is 103 Å². The van der Waals surface area contributed by atoms with Crippen molar-refractivity contribution < 1.29 is 18.6 Å². The summed E-state index contributed by atoms with van der Waals surface area (Å²) in [6, 6.07) is 2.99. The van der Waals surface area contributed by atoms with Crippen molar-refractivity contribution in [1.82, 2.24) is 0 Å². The van der Waals surface area contributed by atoms with E-state index in [-0.39, 0.29) is 11.1 Å². The van der Waals surface area contributed by atoms with Crippen LogP contribution in [-0.4, -0.2) is 12.2 Å². The molecular formula is C13H13F2NO2. The molecule has 0 aliphatic heterocycles.